The molecule has 0 heterocycles. The van der Waals surface area contributed by atoms with Crippen molar-refractivity contribution < 1.29 is 27.5 Å². The fraction of sp³-hybridized carbons (Fsp3) is 0.200. The quantitative estimate of drug-likeness (QED) is 0.445. The summed E-state index contributed by atoms with van der Waals surface area (Å²) < 4.78 is 36.5. The molecule has 184 valence electrons. The molecular weight excluding hydrogens is 470 g/mol. The van der Waals surface area contributed by atoms with Crippen molar-refractivity contribution in [1.29, 1.82) is 0 Å². The second kappa shape index (κ2) is 11.4. The molecule has 3 aromatic carbocycles. The SMILES string of the molecule is COc1ccc(N(CC(=O)Nc2ccccc2C(=O)NCc2ccccc2)S(C)(=O)=O)c(OC)c1. The zero-order valence-corrected chi connectivity index (χ0v) is 20.5. The van der Waals surface area contributed by atoms with E-state index >= 15 is 0 Å². The third-order valence-electron chi connectivity index (χ3n) is 5.08. The minimum absolute atomic E-state index is 0.180. The van der Waals surface area contributed by atoms with Gasteiger partial charge in [0.15, 0.2) is 0 Å². The summed E-state index contributed by atoms with van der Waals surface area (Å²) in [4.78, 5) is 25.7. The van der Waals surface area contributed by atoms with E-state index in [4.69, 9.17) is 9.47 Å². The second-order valence-electron chi connectivity index (χ2n) is 7.57. The Bertz CT molecular complexity index is 1300. The molecule has 0 aliphatic rings. The van der Waals surface area contributed by atoms with Gasteiger partial charge in [0, 0.05) is 12.6 Å². The minimum Gasteiger partial charge on any atom is -0.497 e. The highest BCUT2D eigenvalue weighted by Gasteiger charge is 2.25. The number of carbonyl (C=O) groups excluding carboxylic acids is 2. The summed E-state index contributed by atoms with van der Waals surface area (Å²) in [5.41, 5.74) is 1.63. The molecule has 2 N–H and O–H groups in total. The molecule has 0 spiro atoms. The lowest BCUT2D eigenvalue weighted by Crippen LogP contribution is -2.38. The zero-order chi connectivity index (χ0) is 25.4. The molecule has 0 saturated heterocycles. The van der Waals surface area contributed by atoms with Crippen LogP contribution in [0.2, 0.25) is 0 Å². The van der Waals surface area contributed by atoms with Gasteiger partial charge in [-0.15, -0.1) is 0 Å². The van der Waals surface area contributed by atoms with Gasteiger partial charge in [0.1, 0.15) is 18.0 Å². The van der Waals surface area contributed by atoms with Gasteiger partial charge in [0.2, 0.25) is 15.9 Å². The predicted octanol–water partition coefficient (Wildman–Crippen LogP) is 3.04. The lowest BCUT2D eigenvalue weighted by Gasteiger charge is -2.24. The number of benzene rings is 3. The van der Waals surface area contributed by atoms with Crippen LogP contribution in [-0.2, 0) is 21.4 Å². The molecule has 0 unspecified atom stereocenters. The summed E-state index contributed by atoms with van der Waals surface area (Å²) in [5, 5.41) is 5.47. The van der Waals surface area contributed by atoms with Crippen LogP contribution in [0.25, 0.3) is 0 Å². The van der Waals surface area contributed by atoms with Gasteiger partial charge in [-0.1, -0.05) is 42.5 Å². The van der Waals surface area contributed by atoms with E-state index in [-0.39, 0.29) is 28.6 Å². The lowest BCUT2D eigenvalue weighted by atomic mass is 10.1. The predicted molar refractivity (Wildman–Crippen MR) is 134 cm³/mol. The van der Waals surface area contributed by atoms with Gasteiger partial charge in [-0.3, -0.25) is 13.9 Å². The minimum atomic E-state index is -3.85. The molecular formula is C25H27N3O6S. The van der Waals surface area contributed by atoms with Gasteiger partial charge in [-0.2, -0.15) is 0 Å². The second-order valence-corrected chi connectivity index (χ2v) is 9.48. The molecule has 0 saturated carbocycles. The highest BCUT2D eigenvalue weighted by atomic mass is 32.2. The highest BCUT2D eigenvalue weighted by molar-refractivity contribution is 7.92. The molecule has 3 aromatic rings. The summed E-state index contributed by atoms with van der Waals surface area (Å²) in [6.45, 7) is -0.206. The molecule has 9 nitrogen and oxygen atoms in total. The number of rotatable bonds is 10. The molecule has 3 rings (SSSR count). The molecule has 10 heteroatoms. The first-order chi connectivity index (χ1) is 16.7. The van der Waals surface area contributed by atoms with Crippen molar-refractivity contribution in [3.63, 3.8) is 0 Å². The van der Waals surface area contributed by atoms with Crippen molar-refractivity contribution in [3.8, 4) is 11.5 Å². The molecule has 0 fully saturated rings. The number of para-hydroxylation sites is 1. The molecule has 0 atom stereocenters. The van der Waals surface area contributed by atoms with E-state index in [0.717, 1.165) is 16.1 Å². The Balaban J connectivity index is 1.78. The van der Waals surface area contributed by atoms with Crippen LogP contribution in [-0.4, -0.2) is 47.3 Å². The van der Waals surface area contributed by atoms with Crippen LogP contribution in [0.4, 0.5) is 11.4 Å². The van der Waals surface area contributed by atoms with E-state index in [9.17, 15) is 18.0 Å². The first kappa shape index (κ1) is 25.6. The number of sulfonamides is 1. The Morgan fingerprint density at radius 1 is 0.914 bits per heavy atom. The Kier molecular flexibility index (Phi) is 8.32. The number of ether oxygens (including phenoxy) is 2. The Labute approximate surface area is 204 Å². The normalized spacial score (nSPS) is 10.8. The third kappa shape index (κ3) is 6.73. The van der Waals surface area contributed by atoms with Crippen LogP contribution < -0.4 is 24.4 Å². The molecule has 35 heavy (non-hydrogen) atoms. The van der Waals surface area contributed by atoms with Crippen LogP contribution in [0.3, 0.4) is 0 Å². The lowest BCUT2D eigenvalue weighted by molar-refractivity contribution is -0.114. The Morgan fingerprint density at radius 2 is 1.60 bits per heavy atom. The molecule has 0 aliphatic carbocycles. The molecule has 0 bridgehead atoms. The number of carbonyl (C=O) groups is 2. The zero-order valence-electron chi connectivity index (χ0n) is 19.6. The number of hydrogen-bond donors (Lipinski definition) is 2. The van der Waals surface area contributed by atoms with Gasteiger partial charge < -0.3 is 20.1 Å². The van der Waals surface area contributed by atoms with Crippen LogP contribution in [0.15, 0.2) is 72.8 Å². The summed E-state index contributed by atoms with van der Waals surface area (Å²) in [5.74, 6) is -0.305. The van der Waals surface area contributed by atoms with Crippen LogP contribution in [0, 0.1) is 0 Å². The average molecular weight is 498 g/mol. The average Bonchev–Trinajstić information content (AvgIpc) is 2.85. The molecule has 0 radical (unpaired) electrons. The summed E-state index contributed by atoms with van der Waals surface area (Å²) in [6, 6.07) is 20.5. The number of methoxy groups -OCH3 is 2. The summed E-state index contributed by atoms with van der Waals surface area (Å²) in [7, 11) is -0.983. The van der Waals surface area contributed by atoms with Crippen molar-refractivity contribution in [3.05, 3.63) is 83.9 Å². The first-order valence-corrected chi connectivity index (χ1v) is 12.5. The van der Waals surface area contributed by atoms with Gasteiger partial charge in [0.25, 0.3) is 5.91 Å². The van der Waals surface area contributed by atoms with Gasteiger partial charge in [-0.25, -0.2) is 8.42 Å². The summed E-state index contributed by atoms with van der Waals surface area (Å²) >= 11 is 0. The van der Waals surface area contributed by atoms with E-state index in [1.807, 2.05) is 30.3 Å². The van der Waals surface area contributed by atoms with E-state index in [2.05, 4.69) is 10.6 Å². The van der Waals surface area contributed by atoms with Crippen molar-refractivity contribution in [2.75, 3.05) is 36.6 Å². The van der Waals surface area contributed by atoms with E-state index in [0.29, 0.717) is 12.3 Å². The van der Waals surface area contributed by atoms with Gasteiger partial charge >= 0.3 is 0 Å². The molecule has 0 aromatic heterocycles. The topological polar surface area (TPSA) is 114 Å². The maximum atomic E-state index is 12.9. The molecule has 2 amide bonds. The maximum Gasteiger partial charge on any atom is 0.253 e. The van der Waals surface area contributed by atoms with Crippen molar-refractivity contribution in [1.82, 2.24) is 5.32 Å². The first-order valence-electron chi connectivity index (χ1n) is 10.6. The maximum absolute atomic E-state index is 12.9. The Morgan fingerprint density at radius 3 is 2.26 bits per heavy atom. The number of nitrogens with zero attached hydrogens (tertiary/aromatic N) is 1. The van der Waals surface area contributed by atoms with Crippen molar-refractivity contribution in [2.45, 2.75) is 6.54 Å². The van der Waals surface area contributed by atoms with E-state index < -0.39 is 22.5 Å². The number of amides is 2. The van der Waals surface area contributed by atoms with Crippen LogP contribution in [0.5, 0.6) is 11.5 Å². The number of nitrogens with one attached hydrogen (secondary N) is 2. The Hall–Kier alpha value is -4.05. The van der Waals surface area contributed by atoms with E-state index in [1.54, 1.807) is 30.3 Å². The standard InChI is InChI=1S/C25H27N3O6S/c1-33-19-13-14-22(23(15-19)34-2)28(35(3,31)32)17-24(29)27-21-12-8-7-11-20(21)25(30)26-16-18-9-5-4-6-10-18/h4-15H,16-17H2,1-3H3,(H,26,30)(H,27,29). The summed E-state index contributed by atoms with van der Waals surface area (Å²) in [6.07, 6.45) is 0.995. The van der Waals surface area contributed by atoms with Crippen molar-refractivity contribution >= 4 is 33.2 Å². The van der Waals surface area contributed by atoms with Crippen molar-refractivity contribution in [2.24, 2.45) is 0 Å². The smallest absolute Gasteiger partial charge is 0.253 e. The van der Waals surface area contributed by atoms with Gasteiger partial charge in [0.05, 0.1) is 37.4 Å². The van der Waals surface area contributed by atoms with Crippen LogP contribution in [0.1, 0.15) is 15.9 Å². The largest absolute Gasteiger partial charge is 0.497 e. The van der Waals surface area contributed by atoms with Crippen LogP contribution >= 0.6 is 0 Å². The van der Waals surface area contributed by atoms with Gasteiger partial charge in [-0.05, 0) is 29.8 Å². The third-order valence-corrected chi connectivity index (χ3v) is 6.21. The molecule has 0 aliphatic heterocycles. The fourth-order valence-corrected chi connectivity index (χ4v) is 4.22. The highest BCUT2D eigenvalue weighted by Crippen LogP contribution is 2.33. The number of anilines is 2. The monoisotopic (exact) mass is 497 g/mol. The number of hydrogen-bond acceptors (Lipinski definition) is 6. The fourth-order valence-electron chi connectivity index (χ4n) is 3.36. The van der Waals surface area contributed by atoms with E-state index in [1.165, 1.54) is 26.4 Å².